The highest BCUT2D eigenvalue weighted by atomic mass is 16.4. The quantitative estimate of drug-likeness (QED) is 0.590. The fourth-order valence-corrected chi connectivity index (χ4v) is 1.47. The van der Waals surface area contributed by atoms with E-state index in [9.17, 15) is 4.79 Å². The number of hydrogen-bond acceptors (Lipinski definition) is 2. The Bertz CT molecular complexity index is 145. The molecule has 0 fully saturated rings. The van der Waals surface area contributed by atoms with Gasteiger partial charge in [0, 0.05) is 6.54 Å². The van der Waals surface area contributed by atoms with Crippen LogP contribution in [-0.2, 0) is 0 Å². The summed E-state index contributed by atoms with van der Waals surface area (Å²) in [6, 6.07) is 0. The van der Waals surface area contributed by atoms with E-state index >= 15 is 0 Å². The Morgan fingerprint density at radius 1 is 1.21 bits per heavy atom. The number of hydrogen-bond donors (Lipinski definition) is 2. The Balaban J connectivity index is 3.44. The van der Waals surface area contributed by atoms with Gasteiger partial charge in [0.2, 0.25) is 0 Å². The molecule has 0 rings (SSSR count). The van der Waals surface area contributed by atoms with Crippen LogP contribution in [0, 0.1) is 0 Å². The maximum Gasteiger partial charge on any atom is 0.404 e. The summed E-state index contributed by atoms with van der Waals surface area (Å²) in [6.07, 6.45) is 2.29. The van der Waals surface area contributed by atoms with Crippen LogP contribution in [0.5, 0.6) is 0 Å². The van der Waals surface area contributed by atoms with Crippen molar-refractivity contribution in [2.75, 3.05) is 26.2 Å². The summed E-state index contributed by atoms with van der Waals surface area (Å²) < 4.78 is 0. The molecule has 84 valence electrons. The highest BCUT2D eigenvalue weighted by molar-refractivity contribution is 5.64. The van der Waals surface area contributed by atoms with Gasteiger partial charge in [-0.15, -0.1) is 0 Å². The number of rotatable bonds is 8. The van der Waals surface area contributed by atoms with E-state index in [2.05, 4.69) is 24.1 Å². The van der Waals surface area contributed by atoms with Crippen molar-refractivity contribution in [3.8, 4) is 0 Å². The van der Waals surface area contributed by atoms with E-state index in [0.717, 1.165) is 38.9 Å². The van der Waals surface area contributed by atoms with Crippen LogP contribution in [0.1, 0.15) is 33.1 Å². The van der Waals surface area contributed by atoms with Gasteiger partial charge in [-0.2, -0.15) is 0 Å². The summed E-state index contributed by atoms with van der Waals surface area (Å²) >= 11 is 0. The van der Waals surface area contributed by atoms with Crippen LogP contribution in [0.3, 0.4) is 0 Å². The van der Waals surface area contributed by atoms with Gasteiger partial charge in [0.05, 0.1) is 0 Å². The second-order valence-electron chi connectivity index (χ2n) is 3.43. The van der Waals surface area contributed by atoms with Crippen LogP contribution >= 0.6 is 0 Å². The molecule has 0 atom stereocenters. The van der Waals surface area contributed by atoms with Crippen molar-refractivity contribution in [2.45, 2.75) is 33.1 Å². The van der Waals surface area contributed by atoms with E-state index in [0.29, 0.717) is 6.54 Å². The summed E-state index contributed by atoms with van der Waals surface area (Å²) in [5, 5.41) is 10.7. The molecular formula is C10H22N2O2. The van der Waals surface area contributed by atoms with E-state index in [1.54, 1.807) is 0 Å². The van der Waals surface area contributed by atoms with Gasteiger partial charge in [-0.1, -0.05) is 13.8 Å². The summed E-state index contributed by atoms with van der Waals surface area (Å²) in [4.78, 5) is 12.5. The SMILES string of the molecule is CCCN(CCC)CCCNC(=O)O. The second kappa shape index (κ2) is 8.81. The molecule has 0 aromatic rings. The lowest BCUT2D eigenvalue weighted by atomic mass is 10.3. The molecule has 0 unspecified atom stereocenters. The van der Waals surface area contributed by atoms with Crippen LogP contribution in [0.4, 0.5) is 4.79 Å². The maximum absolute atomic E-state index is 10.2. The minimum absolute atomic E-state index is 0.555. The molecule has 0 aliphatic rings. The Morgan fingerprint density at radius 3 is 2.21 bits per heavy atom. The van der Waals surface area contributed by atoms with Crippen LogP contribution < -0.4 is 5.32 Å². The van der Waals surface area contributed by atoms with Crippen LogP contribution in [0.2, 0.25) is 0 Å². The Labute approximate surface area is 86.3 Å². The van der Waals surface area contributed by atoms with Crippen LogP contribution in [0.25, 0.3) is 0 Å². The number of nitrogens with one attached hydrogen (secondary N) is 1. The Hall–Kier alpha value is -0.770. The van der Waals surface area contributed by atoms with E-state index in [4.69, 9.17) is 5.11 Å². The van der Waals surface area contributed by atoms with Crippen LogP contribution in [-0.4, -0.2) is 42.3 Å². The first-order chi connectivity index (χ1) is 6.70. The highest BCUT2D eigenvalue weighted by Gasteiger charge is 2.01. The predicted octanol–water partition coefficient (Wildman–Crippen LogP) is 1.77. The molecule has 0 aromatic carbocycles. The van der Waals surface area contributed by atoms with Gasteiger partial charge in [0.15, 0.2) is 0 Å². The molecule has 0 saturated heterocycles. The first-order valence-electron chi connectivity index (χ1n) is 5.39. The molecule has 0 bridgehead atoms. The minimum Gasteiger partial charge on any atom is -0.465 e. The molecule has 0 aliphatic heterocycles. The topological polar surface area (TPSA) is 52.6 Å². The molecule has 0 saturated carbocycles. The van der Waals surface area contributed by atoms with Crippen molar-refractivity contribution >= 4 is 6.09 Å². The van der Waals surface area contributed by atoms with Gasteiger partial charge in [-0.3, -0.25) is 0 Å². The zero-order chi connectivity index (χ0) is 10.8. The summed E-state index contributed by atoms with van der Waals surface area (Å²) in [5.41, 5.74) is 0. The van der Waals surface area contributed by atoms with Crippen molar-refractivity contribution in [3.63, 3.8) is 0 Å². The first-order valence-corrected chi connectivity index (χ1v) is 5.39. The summed E-state index contributed by atoms with van der Waals surface area (Å²) in [7, 11) is 0. The molecular weight excluding hydrogens is 180 g/mol. The first kappa shape index (κ1) is 13.2. The van der Waals surface area contributed by atoms with Gasteiger partial charge >= 0.3 is 6.09 Å². The van der Waals surface area contributed by atoms with Crippen molar-refractivity contribution in [1.29, 1.82) is 0 Å². The summed E-state index contributed by atoms with van der Waals surface area (Å²) in [6.45, 7) is 8.10. The van der Waals surface area contributed by atoms with Crippen molar-refractivity contribution in [3.05, 3.63) is 0 Å². The van der Waals surface area contributed by atoms with Gasteiger partial charge in [0.25, 0.3) is 0 Å². The number of nitrogens with zero attached hydrogens (tertiary/aromatic N) is 1. The third-order valence-corrected chi connectivity index (χ3v) is 2.01. The smallest absolute Gasteiger partial charge is 0.404 e. The van der Waals surface area contributed by atoms with Gasteiger partial charge < -0.3 is 15.3 Å². The molecule has 2 N–H and O–H groups in total. The maximum atomic E-state index is 10.2. The van der Waals surface area contributed by atoms with Crippen molar-refractivity contribution in [1.82, 2.24) is 10.2 Å². The van der Waals surface area contributed by atoms with E-state index < -0.39 is 6.09 Å². The molecule has 14 heavy (non-hydrogen) atoms. The normalized spacial score (nSPS) is 10.5. The fourth-order valence-electron chi connectivity index (χ4n) is 1.47. The van der Waals surface area contributed by atoms with Crippen molar-refractivity contribution in [2.24, 2.45) is 0 Å². The van der Waals surface area contributed by atoms with Gasteiger partial charge in [-0.05, 0) is 38.9 Å². The Morgan fingerprint density at radius 2 is 1.79 bits per heavy atom. The zero-order valence-corrected chi connectivity index (χ0v) is 9.25. The highest BCUT2D eigenvalue weighted by Crippen LogP contribution is 1.95. The molecule has 0 heterocycles. The number of carboxylic acid groups (broad SMARTS) is 1. The molecule has 1 amide bonds. The third-order valence-electron chi connectivity index (χ3n) is 2.01. The van der Waals surface area contributed by atoms with Crippen LogP contribution in [0.15, 0.2) is 0 Å². The minimum atomic E-state index is -0.928. The third kappa shape index (κ3) is 7.86. The van der Waals surface area contributed by atoms with E-state index in [1.165, 1.54) is 0 Å². The fraction of sp³-hybridized carbons (Fsp3) is 0.900. The molecule has 4 heteroatoms. The average Bonchev–Trinajstić information content (AvgIpc) is 2.12. The zero-order valence-electron chi connectivity index (χ0n) is 9.25. The summed E-state index contributed by atoms with van der Waals surface area (Å²) in [5.74, 6) is 0. The van der Waals surface area contributed by atoms with Gasteiger partial charge in [-0.25, -0.2) is 4.79 Å². The monoisotopic (exact) mass is 202 g/mol. The van der Waals surface area contributed by atoms with E-state index in [1.807, 2.05) is 0 Å². The average molecular weight is 202 g/mol. The van der Waals surface area contributed by atoms with Crippen molar-refractivity contribution < 1.29 is 9.90 Å². The molecule has 4 nitrogen and oxygen atoms in total. The number of carbonyl (C=O) groups is 1. The Kier molecular flexibility index (Phi) is 8.33. The van der Waals surface area contributed by atoms with E-state index in [-0.39, 0.29) is 0 Å². The molecule has 0 aliphatic carbocycles. The lowest BCUT2D eigenvalue weighted by molar-refractivity contribution is 0.193. The largest absolute Gasteiger partial charge is 0.465 e. The lowest BCUT2D eigenvalue weighted by Crippen LogP contribution is -2.30. The lowest BCUT2D eigenvalue weighted by Gasteiger charge is -2.20. The molecule has 0 aromatic heterocycles. The second-order valence-corrected chi connectivity index (χ2v) is 3.43. The molecule has 0 spiro atoms. The predicted molar refractivity (Wildman–Crippen MR) is 57.7 cm³/mol. The number of amides is 1. The molecule has 0 radical (unpaired) electrons. The van der Waals surface area contributed by atoms with Gasteiger partial charge in [0.1, 0.15) is 0 Å². The standard InChI is InChI=1S/C10H22N2O2/c1-3-7-12(8-4-2)9-5-6-11-10(13)14/h11H,3-9H2,1-2H3,(H,13,14).